The van der Waals surface area contributed by atoms with Crippen LogP contribution in [0.3, 0.4) is 0 Å². The summed E-state index contributed by atoms with van der Waals surface area (Å²) in [5.74, 6) is 2.34. The first-order valence-electron chi connectivity index (χ1n) is 13.4. The number of hydrogen-bond acceptors (Lipinski definition) is 7. The van der Waals surface area contributed by atoms with Crippen molar-refractivity contribution in [1.82, 2.24) is 19.8 Å². The van der Waals surface area contributed by atoms with E-state index in [9.17, 15) is 9.59 Å². The summed E-state index contributed by atoms with van der Waals surface area (Å²) in [4.78, 5) is 39.5. The minimum absolute atomic E-state index is 0.0183. The van der Waals surface area contributed by atoms with E-state index in [0.717, 1.165) is 54.6 Å². The Balaban J connectivity index is 1.15. The Morgan fingerprint density at radius 3 is 2.44 bits per heavy atom. The van der Waals surface area contributed by atoms with Crippen LogP contribution in [0, 0.1) is 0 Å². The molecule has 0 spiro atoms. The Morgan fingerprint density at radius 2 is 1.72 bits per heavy atom. The number of benzene rings is 1. The number of methoxy groups -OCH3 is 1. The summed E-state index contributed by atoms with van der Waals surface area (Å²) in [6, 6.07) is 11.8. The van der Waals surface area contributed by atoms with Crippen molar-refractivity contribution in [3.8, 4) is 5.75 Å². The van der Waals surface area contributed by atoms with Crippen LogP contribution in [0.15, 0.2) is 65.7 Å². The fraction of sp³-hybridized carbons (Fsp3) is 0.400. The van der Waals surface area contributed by atoms with Gasteiger partial charge in [-0.15, -0.1) is 29.7 Å². The third-order valence-electron chi connectivity index (χ3n) is 7.57. The maximum absolute atomic E-state index is 13.2. The molecule has 2 aliphatic rings. The molecule has 2 fully saturated rings. The molecule has 2 saturated heterocycles. The molecule has 0 atom stereocenters. The van der Waals surface area contributed by atoms with Gasteiger partial charge in [0.1, 0.15) is 16.5 Å². The number of thiazole rings is 1. The van der Waals surface area contributed by atoms with Gasteiger partial charge >= 0.3 is 0 Å². The molecule has 2 aliphatic heterocycles. The van der Waals surface area contributed by atoms with Gasteiger partial charge in [0.25, 0.3) is 11.8 Å². The Kier molecular flexibility index (Phi) is 8.98. The number of aromatic nitrogens is 2. The van der Waals surface area contributed by atoms with E-state index in [4.69, 9.17) is 9.72 Å². The maximum atomic E-state index is 13.2. The van der Waals surface area contributed by atoms with E-state index >= 15 is 0 Å². The lowest BCUT2D eigenvalue weighted by Crippen LogP contribution is -2.38. The molecule has 0 radical (unpaired) electrons. The van der Waals surface area contributed by atoms with Crippen molar-refractivity contribution in [2.45, 2.75) is 42.5 Å². The Hall–Kier alpha value is -3.17. The second-order valence-corrected chi connectivity index (χ2v) is 11.8. The number of pyridine rings is 1. The number of rotatable bonds is 8. The van der Waals surface area contributed by atoms with Crippen LogP contribution in [0.1, 0.15) is 68.9 Å². The third-order valence-corrected chi connectivity index (χ3v) is 9.58. The topological polar surface area (TPSA) is 75.6 Å². The zero-order chi connectivity index (χ0) is 27.2. The van der Waals surface area contributed by atoms with Gasteiger partial charge in [-0.05, 0) is 55.4 Å². The van der Waals surface area contributed by atoms with Gasteiger partial charge in [0.05, 0.1) is 17.7 Å². The summed E-state index contributed by atoms with van der Waals surface area (Å²) < 4.78 is 5.55. The highest BCUT2D eigenvalue weighted by atomic mass is 32.2. The van der Waals surface area contributed by atoms with Crippen molar-refractivity contribution >= 4 is 34.9 Å². The molecule has 0 saturated carbocycles. The van der Waals surface area contributed by atoms with Gasteiger partial charge in [0, 0.05) is 49.4 Å². The van der Waals surface area contributed by atoms with Crippen molar-refractivity contribution < 1.29 is 14.3 Å². The van der Waals surface area contributed by atoms with Crippen LogP contribution < -0.4 is 4.74 Å². The number of thioether (sulfide) groups is 1. The predicted octanol–water partition coefficient (Wildman–Crippen LogP) is 5.86. The van der Waals surface area contributed by atoms with Crippen LogP contribution in [0.5, 0.6) is 5.75 Å². The number of hydrogen-bond donors (Lipinski definition) is 0. The van der Waals surface area contributed by atoms with Crippen LogP contribution in [-0.2, 0) is 0 Å². The fourth-order valence-corrected chi connectivity index (χ4v) is 7.13. The number of para-hydroxylation sites is 1. The smallest absolute Gasteiger partial charge is 0.273 e. The monoisotopic (exact) mass is 562 g/mol. The average molecular weight is 563 g/mol. The molecule has 1 aromatic carbocycles. The van der Waals surface area contributed by atoms with Crippen molar-refractivity contribution in [2.75, 3.05) is 39.0 Å². The molecule has 204 valence electrons. The van der Waals surface area contributed by atoms with E-state index in [-0.39, 0.29) is 17.7 Å². The highest BCUT2D eigenvalue weighted by molar-refractivity contribution is 7.99. The Morgan fingerprint density at radius 1 is 1.03 bits per heavy atom. The van der Waals surface area contributed by atoms with Gasteiger partial charge in [-0.1, -0.05) is 24.3 Å². The van der Waals surface area contributed by atoms with Crippen LogP contribution in [0.4, 0.5) is 0 Å². The van der Waals surface area contributed by atoms with E-state index in [1.807, 2.05) is 51.6 Å². The molecule has 0 bridgehead atoms. The Bertz CT molecular complexity index is 1310. The third kappa shape index (κ3) is 6.20. The summed E-state index contributed by atoms with van der Waals surface area (Å²) in [6.45, 7) is 6.54. The van der Waals surface area contributed by atoms with Crippen LogP contribution in [-0.4, -0.2) is 70.6 Å². The van der Waals surface area contributed by atoms with Gasteiger partial charge in [0.2, 0.25) is 0 Å². The van der Waals surface area contributed by atoms with Crippen molar-refractivity contribution in [1.29, 1.82) is 0 Å². The number of likely N-dealkylation sites (tertiary alicyclic amines) is 2. The zero-order valence-electron chi connectivity index (χ0n) is 22.3. The molecule has 4 heterocycles. The van der Waals surface area contributed by atoms with Gasteiger partial charge in [-0.3, -0.25) is 9.59 Å². The van der Waals surface area contributed by atoms with E-state index in [0.29, 0.717) is 36.0 Å². The van der Waals surface area contributed by atoms with Crippen LogP contribution in [0.25, 0.3) is 0 Å². The highest BCUT2D eigenvalue weighted by Gasteiger charge is 2.30. The lowest BCUT2D eigenvalue weighted by atomic mass is 9.88. The largest absolute Gasteiger partial charge is 0.496 e. The standard InChI is InChI=1S/C30H34N4O3S2/c1-3-19-38-28-24(8-6-14-31-28)29(35)33-17-12-22(13-18-33)27-32-25(20-39-27)30(36)34-15-10-21(11-16-34)23-7-4-5-9-26(23)37-2/h3-9,14,20-22H,1,10-13,15-19H2,2H3. The molecule has 9 heteroatoms. The molecule has 0 aliphatic carbocycles. The van der Waals surface area contributed by atoms with Gasteiger partial charge < -0.3 is 14.5 Å². The molecular weight excluding hydrogens is 528 g/mol. The van der Waals surface area contributed by atoms with E-state index in [1.165, 1.54) is 17.3 Å². The van der Waals surface area contributed by atoms with Gasteiger partial charge in [-0.25, -0.2) is 9.97 Å². The minimum Gasteiger partial charge on any atom is -0.496 e. The molecule has 7 nitrogen and oxygen atoms in total. The number of nitrogens with zero attached hydrogens (tertiary/aromatic N) is 4. The molecule has 2 amide bonds. The normalized spacial score (nSPS) is 16.7. The molecule has 0 N–H and O–H groups in total. The number of ether oxygens (including phenoxy) is 1. The maximum Gasteiger partial charge on any atom is 0.273 e. The van der Waals surface area contributed by atoms with Crippen molar-refractivity contribution in [3.05, 3.63) is 82.5 Å². The summed E-state index contributed by atoms with van der Waals surface area (Å²) in [5.41, 5.74) is 2.42. The van der Waals surface area contributed by atoms with Crippen LogP contribution >= 0.6 is 23.1 Å². The first-order valence-corrected chi connectivity index (χ1v) is 15.3. The number of piperidine rings is 2. The SMILES string of the molecule is C=CCSc1ncccc1C(=O)N1CCC(c2nc(C(=O)N3CCC(c4ccccc4OC)CC3)cs2)CC1. The molecule has 5 rings (SSSR count). The van der Waals surface area contributed by atoms with Crippen molar-refractivity contribution in [2.24, 2.45) is 0 Å². The van der Waals surface area contributed by atoms with Crippen LogP contribution in [0.2, 0.25) is 0 Å². The first kappa shape index (κ1) is 27.4. The molecular formula is C30H34N4O3S2. The van der Waals surface area contributed by atoms with E-state index in [2.05, 4.69) is 17.6 Å². The lowest BCUT2D eigenvalue weighted by molar-refractivity contribution is 0.0705. The minimum atomic E-state index is 0.0183. The predicted molar refractivity (Wildman–Crippen MR) is 156 cm³/mol. The van der Waals surface area contributed by atoms with Gasteiger partial charge in [-0.2, -0.15) is 0 Å². The fourth-order valence-electron chi connectivity index (χ4n) is 5.44. The summed E-state index contributed by atoms with van der Waals surface area (Å²) in [5, 5.41) is 3.65. The lowest BCUT2D eigenvalue weighted by Gasteiger charge is -2.32. The van der Waals surface area contributed by atoms with Crippen molar-refractivity contribution in [3.63, 3.8) is 0 Å². The summed E-state index contributed by atoms with van der Waals surface area (Å²) in [6.07, 6.45) is 7.05. The highest BCUT2D eigenvalue weighted by Crippen LogP contribution is 2.35. The molecule has 0 unspecified atom stereocenters. The van der Waals surface area contributed by atoms with Gasteiger partial charge in [0.15, 0.2) is 0 Å². The van der Waals surface area contributed by atoms with E-state index < -0.39 is 0 Å². The molecule has 3 aromatic rings. The number of carbonyl (C=O) groups is 2. The quantitative estimate of drug-likeness (QED) is 0.253. The molecule has 39 heavy (non-hydrogen) atoms. The number of carbonyl (C=O) groups excluding carboxylic acids is 2. The zero-order valence-corrected chi connectivity index (χ0v) is 23.9. The average Bonchev–Trinajstić information content (AvgIpc) is 3.50. The summed E-state index contributed by atoms with van der Waals surface area (Å²) >= 11 is 3.09. The van der Waals surface area contributed by atoms with E-state index in [1.54, 1.807) is 24.6 Å². The first-order chi connectivity index (χ1) is 19.1. The summed E-state index contributed by atoms with van der Waals surface area (Å²) in [7, 11) is 1.71. The molecule has 2 aromatic heterocycles. The number of amides is 2. The Labute approximate surface area is 238 Å². The second-order valence-electron chi connectivity index (χ2n) is 9.90. The second kappa shape index (κ2) is 12.8.